The van der Waals surface area contributed by atoms with Crippen molar-refractivity contribution in [2.45, 2.75) is 17.9 Å². The van der Waals surface area contributed by atoms with Crippen molar-refractivity contribution < 1.29 is 17.9 Å². The standard InChI is InChI=1S/C12H17N3O4S/c1-8-7-19-5-4-15(8)20(17,18)11-3-2-9(12(14)16)6-10(11)13/h2-3,6,8H,4-5,7,13H2,1H3,(H2,14,16). The zero-order chi connectivity index (χ0) is 14.9. The first-order valence-electron chi connectivity index (χ1n) is 6.13. The molecule has 8 heteroatoms. The van der Waals surface area contributed by atoms with Crippen molar-refractivity contribution in [3.63, 3.8) is 0 Å². The molecule has 1 aliphatic rings. The topological polar surface area (TPSA) is 116 Å². The van der Waals surface area contributed by atoms with Crippen LogP contribution in [0, 0.1) is 0 Å². The summed E-state index contributed by atoms with van der Waals surface area (Å²) in [5, 5.41) is 0. The normalized spacial score (nSPS) is 20.8. The lowest BCUT2D eigenvalue weighted by Crippen LogP contribution is -2.47. The summed E-state index contributed by atoms with van der Waals surface area (Å²) in [5.41, 5.74) is 11.1. The number of amides is 1. The summed E-state index contributed by atoms with van der Waals surface area (Å²) >= 11 is 0. The molecule has 0 bridgehead atoms. The molecule has 1 aromatic carbocycles. The molecule has 20 heavy (non-hydrogen) atoms. The molecular weight excluding hydrogens is 282 g/mol. The molecular formula is C12H17N3O4S. The third kappa shape index (κ3) is 2.62. The highest BCUT2D eigenvalue weighted by atomic mass is 32.2. The first-order valence-corrected chi connectivity index (χ1v) is 7.57. The van der Waals surface area contributed by atoms with Gasteiger partial charge in [0.2, 0.25) is 15.9 Å². The van der Waals surface area contributed by atoms with Gasteiger partial charge in [-0.3, -0.25) is 4.79 Å². The lowest BCUT2D eigenvalue weighted by atomic mass is 10.2. The molecule has 2 rings (SSSR count). The molecule has 0 radical (unpaired) electrons. The van der Waals surface area contributed by atoms with Crippen LogP contribution in [0.4, 0.5) is 5.69 Å². The van der Waals surface area contributed by atoms with Crippen LogP contribution < -0.4 is 11.5 Å². The first-order chi connectivity index (χ1) is 9.34. The Kier molecular flexibility index (Phi) is 3.98. The van der Waals surface area contributed by atoms with Crippen molar-refractivity contribution in [3.8, 4) is 0 Å². The number of primary amides is 1. The Morgan fingerprint density at radius 2 is 2.15 bits per heavy atom. The fourth-order valence-electron chi connectivity index (χ4n) is 2.13. The van der Waals surface area contributed by atoms with Gasteiger partial charge in [-0.25, -0.2) is 8.42 Å². The molecule has 1 atom stereocenters. The molecule has 1 heterocycles. The molecule has 110 valence electrons. The van der Waals surface area contributed by atoms with Crippen molar-refractivity contribution in [3.05, 3.63) is 23.8 Å². The van der Waals surface area contributed by atoms with Gasteiger partial charge in [-0.15, -0.1) is 0 Å². The molecule has 0 saturated carbocycles. The molecule has 1 aliphatic heterocycles. The third-order valence-electron chi connectivity index (χ3n) is 3.19. The van der Waals surface area contributed by atoms with E-state index in [4.69, 9.17) is 16.2 Å². The number of sulfonamides is 1. The van der Waals surface area contributed by atoms with Gasteiger partial charge in [0.15, 0.2) is 0 Å². The lowest BCUT2D eigenvalue weighted by Gasteiger charge is -2.32. The van der Waals surface area contributed by atoms with Crippen LogP contribution in [0.1, 0.15) is 17.3 Å². The predicted molar refractivity (Wildman–Crippen MR) is 73.5 cm³/mol. The van der Waals surface area contributed by atoms with Gasteiger partial charge in [-0.2, -0.15) is 4.31 Å². The van der Waals surface area contributed by atoms with Crippen LogP contribution in [0.25, 0.3) is 0 Å². The minimum Gasteiger partial charge on any atom is -0.398 e. The van der Waals surface area contributed by atoms with Gasteiger partial charge in [0.1, 0.15) is 4.90 Å². The second kappa shape index (κ2) is 5.39. The van der Waals surface area contributed by atoms with E-state index < -0.39 is 15.9 Å². The number of nitrogen functional groups attached to an aromatic ring is 1. The molecule has 7 nitrogen and oxygen atoms in total. The highest BCUT2D eigenvalue weighted by molar-refractivity contribution is 7.89. The quantitative estimate of drug-likeness (QED) is 0.748. The largest absolute Gasteiger partial charge is 0.398 e. The molecule has 1 saturated heterocycles. The Hall–Kier alpha value is -1.64. The zero-order valence-electron chi connectivity index (χ0n) is 11.1. The molecule has 0 aliphatic carbocycles. The summed E-state index contributed by atoms with van der Waals surface area (Å²) < 4.78 is 31.7. The molecule has 4 N–H and O–H groups in total. The van der Waals surface area contributed by atoms with E-state index >= 15 is 0 Å². The number of hydrogen-bond acceptors (Lipinski definition) is 5. The predicted octanol–water partition coefficient (Wildman–Crippen LogP) is -0.223. The average Bonchev–Trinajstić information content (AvgIpc) is 2.38. The maximum Gasteiger partial charge on any atom is 0.248 e. The van der Waals surface area contributed by atoms with Crippen LogP contribution in [0.2, 0.25) is 0 Å². The summed E-state index contributed by atoms with van der Waals surface area (Å²) in [6.07, 6.45) is 0. The zero-order valence-corrected chi connectivity index (χ0v) is 11.9. The highest BCUT2D eigenvalue weighted by Gasteiger charge is 2.32. The van der Waals surface area contributed by atoms with Crippen LogP contribution in [-0.2, 0) is 14.8 Å². The van der Waals surface area contributed by atoms with Crippen LogP contribution >= 0.6 is 0 Å². The van der Waals surface area contributed by atoms with Crippen LogP contribution in [0.3, 0.4) is 0 Å². The number of anilines is 1. The fraction of sp³-hybridized carbons (Fsp3) is 0.417. The van der Waals surface area contributed by atoms with Crippen LogP contribution in [-0.4, -0.2) is 44.4 Å². The summed E-state index contributed by atoms with van der Waals surface area (Å²) in [5.74, 6) is -0.652. The van der Waals surface area contributed by atoms with E-state index in [9.17, 15) is 13.2 Å². The highest BCUT2D eigenvalue weighted by Crippen LogP contribution is 2.26. The van der Waals surface area contributed by atoms with Gasteiger partial charge in [-0.05, 0) is 25.1 Å². The van der Waals surface area contributed by atoms with Gasteiger partial charge in [-0.1, -0.05) is 0 Å². The molecule has 1 aromatic rings. The maximum atomic E-state index is 12.6. The van der Waals surface area contributed by atoms with E-state index in [0.717, 1.165) is 0 Å². The Bertz CT molecular complexity index is 630. The smallest absolute Gasteiger partial charge is 0.248 e. The van der Waals surface area contributed by atoms with Crippen molar-refractivity contribution in [1.82, 2.24) is 4.31 Å². The first kappa shape index (κ1) is 14.8. The number of carbonyl (C=O) groups excluding carboxylic acids is 1. The second-order valence-corrected chi connectivity index (χ2v) is 6.52. The van der Waals surface area contributed by atoms with Gasteiger partial charge in [0, 0.05) is 18.2 Å². The number of carbonyl (C=O) groups is 1. The van der Waals surface area contributed by atoms with E-state index in [-0.39, 0.29) is 28.7 Å². The van der Waals surface area contributed by atoms with Gasteiger partial charge < -0.3 is 16.2 Å². The number of nitrogens with zero attached hydrogens (tertiary/aromatic N) is 1. The number of nitrogens with two attached hydrogens (primary N) is 2. The summed E-state index contributed by atoms with van der Waals surface area (Å²) in [4.78, 5) is 11.0. The molecule has 1 unspecified atom stereocenters. The summed E-state index contributed by atoms with van der Waals surface area (Å²) in [6.45, 7) is 2.74. The number of benzene rings is 1. The monoisotopic (exact) mass is 299 g/mol. The maximum absolute atomic E-state index is 12.6. The van der Waals surface area contributed by atoms with Crippen molar-refractivity contribution >= 4 is 21.6 Å². The minimum absolute atomic E-state index is 0.0139. The Balaban J connectivity index is 2.41. The van der Waals surface area contributed by atoms with Gasteiger partial charge >= 0.3 is 0 Å². The van der Waals surface area contributed by atoms with E-state index in [1.54, 1.807) is 6.92 Å². The average molecular weight is 299 g/mol. The molecule has 1 fully saturated rings. The van der Waals surface area contributed by atoms with Crippen molar-refractivity contribution in [1.29, 1.82) is 0 Å². The van der Waals surface area contributed by atoms with Crippen molar-refractivity contribution in [2.75, 3.05) is 25.5 Å². The van der Waals surface area contributed by atoms with Crippen molar-refractivity contribution in [2.24, 2.45) is 5.73 Å². The molecule has 0 aromatic heterocycles. The minimum atomic E-state index is -3.71. The van der Waals surface area contributed by atoms with E-state index in [1.807, 2.05) is 0 Å². The van der Waals surface area contributed by atoms with E-state index in [2.05, 4.69) is 0 Å². The van der Waals surface area contributed by atoms with Gasteiger partial charge in [0.05, 0.1) is 18.9 Å². The second-order valence-electron chi connectivity index (χ2n) is 4.66. The van der Waals surface area contributed by atoms with E-state index in [1.165, 1.54) is 22.5 Å². The number of morpholine rings is 1. The van der Waals surface area contributed by atoms with Crippen LogP contribution in [0.5, 0.6) is 0 Å². The fourth-order valence-corrected chi connectivity index (χ4v) is 3.83. The molecule has 0 spiro atoms. The van der Waals surface area contributed by atoms with Gasteiger partial charge in [0.25, 0.3) is 0 Å². The SMILES string of the molecule is CC1COCCN1S(=O)(=O)c1ccc(C(N)=O)cc1N. The summed E-state index contributed by atoms with van der Waals surface area (Å²) in [6, 6.07) is 3.69. The Morgan fingerprint density at radius 3 is 2.70 bits per heavy atom. The number of rotatable bonds is 3. The molecule has 1 amide bonds. The van der Waals surface area contributed by atoms with Crippen LogP contribution in [0.15, 0.2) is 23.1 Å². The number of ether oxygens (including phenoxy) is 1. The van der Waals surface area contributed by atoms with E-state index in [0.29, 0.717) is 13.2 Å². The Morgan fingerprint density at radius 1 is 1.45 bits per heavy atom. The number of hydrogen-bond donors (Lipinski definition) is 2. The lowest BCUT2D eigenvalue weighted by molar-refractivity contribution is 0.0393. The Labute approximate surface area is 117 Å². The third-order valence-corrected chi connectivity index (χ3v) is 5.28. The summed E-state index contributed by atoms with van der Waals surface area (Å²) in [7, 11) is -3.71.